The molecule has 5 rings (SSSR count). The average molecular weight is 401 g/mol. The zero-order valence-corrected chi connectivity index (χ0v) is 17.4. The highest BCUT2D eigenvalue weighted by atomic mass is 16.5. The molecule has 1 heterocycles. The first-order valence-electron chi connectivity index (χ1n) is 10.3. The third-order valence-electron chi connectivity index (χ3n) is 5.24. The van der Waals surface area contributed by atoms with E-state index in [-0.39, 0.29) is 5.57 Å². The Kier molecular flexibility index (Phi) is 7.45. The number of rotatable bonds is 1. The summed E-state index contributed by atoms with van der Waals surface area (Å²) in [6.45, 7) is 5.33. The van der Waals surface area contributed by atoms with E-state index in [0.29, 0.717) is 0 Å². The second kappa shape index (κ2) is 10.4. The summed E-state index contributed by atoms with van der Waals surface area (Å²) in [6.07, 6.45) is 12.7. The van der Waals surface area contributed by atoms with Gasteiger partial charge in [-0.05, 0) is 77.4 Å². The van der Waals surface area contributed by atoms with Crippen molar-refractivity contribution in [3.63, 3.8) is 0 Å². The van der Waals surface area contributed by atoms with Gasteiger partial charge >= 0.3 is 5.97 Å². The lowest BCUT2D eigenvalue weighted by Gasteiger charge is -2.18. The van der Waals surface area contributed by atoms with Gasteiger partial charge in [-0.3, -0.25) is 0 Å². The van der Waals surface area contributed by atoms with E-state index in [1.54, 1.807) is 17.4 Å². The maximum Gasteiger partial charge on any atom is 0.330 e. The molecule has 0 radical (unpaired) electrons. The van der Waals surface area contributed by atoms with Gasteiger partial charge in [-0.1, -0.05) is 61.2 Å². The van der Waals surface area contributed by atoms with E-state index in [1.165, 1.54) is 54.2 Å². The number of carboxylic acid groups (broad SMARTS) is 1. The molecule has 0 saturated carbocycles. The van der Waals surface area contributed by atoms with Crippen LogP contribution in [-0.4, -0.2) is 17.7 Å². The van der Waals surface area contributed by atoms with Gasteiger partial charge in [-0.15, -0.1) is 0 Å². The Morgan fingerprint density at radius 2 is 1.67 bits per heavy atom. The number of hydrogen-bond acceptors (Lipinski definition) is 2. The summed E-state index contributed by atoms with van der Waals surface area (Å²) < 4.78 is 4.80. The smallest absolute Gasteiger partial charge is 0.330 e. The molecular weight excluding hydrogens is 372 g/mol. The number of aliphatic carboxylic acids is 1. The zero-order chi connectivity index (χ0) is 21.3. The van der Waals surface area contributed by atoms with Gasteiger partial charge in [-0.25, -0.2) is 4.79 Å². The van der Waals surface area contributed by atoms with Crippen LogP contribution >= 0.6 is 0 Å². The van der Waals surface area contributed by atoms with Crippen molar-refractivity contribution in [3.05, 3.63) is 96.3 Å². The molecular formula is C27H28O3. The average Bonchev–Trinajstić information content (AvgIpc) is 2.80. The van der Waals surface area contributed by atoms with Gasteiger partial charge in [0.15, 0.2) is 0 Å². The van der Waals surface area contributed by atoms with Crippen LogP contribution in [0.5, 0.6) is 0 Å². The first kappa shape index (κ1) is 21.4. The Morgan fingerprint density at radius 3 is 2.30 bits per heavy atom. The maximum atomic E-state index is 9.60. The zero-order valence-electron chi connectivity index (χ0n) is 17.4. The summed E-state index contributed by atoms with van der Waals surface area (Å²) >= 11 is 0. The molecule has 0 fully saturated rings. The number of carboxylic acids is 1. The number of aryl methyl sites for hydroxylation is 2. The van der Waals surface area contributed by atoms with Gasteiger partial charge < -0.3 is 9.84 Å². The predicted octanol–water partition coefficient (Wildman–Crippen LogP) is 6.61. The summed E-state index contributed by atoms with van der Waals surface area (Å²) in [5.74, 6) is -0.935. The van der Waals surface area contributed by atoms with Crippen molar-refractivity contribution >= 4 is 27.5 Å². The molecule has 3 aromatic carbocycles. The van der Waals surface area contributed by atoms with Gasteiger partial charge in [0.05, 0.1) is 6.26 Å². The summed E-state index contributed by atoms with van der Waals surface area (Å²) in [5.41, 5.74) is 3.35. The molecule has 0 atom stereocenters. The number of hydrogen-bond donors (Lipinski definition) is 1. The van der Waals surface area contributed by atoms with E-state index >= 15 is 0 Å². The molecule has 0 saturated heterocycles. The molecule has 3 aromatic rings. The monoisotopic (exact) mass is 400 g/mol. The van der Waals surface area contributed by atoms with Crippen LogP contribution in [0.3, 0.4) is 0 Å². The fraction of sp³-hybridized carbons (Fsp3) is 0.222. The molecule has 30 heavy (non-hydrogen) atoms. The number of fused-ring (bicyclic) bond motifs is 5. The predicted molar refractivity (Wildman–Crippen MR) is 125 cm³/mol. The van der Waals surface area contributed by atoms with E-state index in [0.717, 1.165) is 6.61 Å². The minimum absolute atomic E-state index is 0.176. The fourth-order valence-corrected chi connectivity index (χ4v) is 3.69. The lowest BCUT2D eigenvalue weighted by Crippen LogP contribution is -2.02. The standard InChI is InChI=1S/C18H16.C5H6O.C4H6O2/c1-3-7-15-13(5-1)9-11-18-16-8-4-2-6-14(16)10-12-17(15)18;1-2-4-6-5-3-1;1-3(2)4(5)6/h1,3,5,7,9-12H,2,4,6,8H2;1-4H,5H2;1H2,2H3,(H,5,6). The first-order valence-corrected chi connectivity index (χ1v) is 10.3. The summed E-state index contributed by atoms with van der Waals surface area (Å²) in [7, 11) is 0. The number of carbonyl (C=O) groups is 1. The van der Waals surface area contributed by atoms with Crippen LogP contribution < -0.4 is 0 Å². The molecule has 0 aromatic heterocycles. The van der Waals surface area contributed by atoms with Crippen LogP contribution in [0.25, 0.3) is 21.5 Å². The minimum Gasteiger partial charge on any atom is -0.497 e. The number of allylic oxidation sites excluding steroid dienone is 2. The molecule has 154 valence electrons. The highest BCUT2D eigenvalue weighted by Crippen LogP contribution is 2.33. The lowest BCUT2D eigenvalue weighted by atomic mass is 9.86. The Morgan fingerprint density at radius 1 is 0.933 bits per heavy atom. The minimum atomic E-state index is -0.935. The Hall–Kier alpha value is -3.33. The normalized spacial score (nSPS) is 13.9. The van der Waals surface area contributed by atoms with Gasteiger partial charge in [0.2, 0.25) is 0 Å². The first-order chi connectivity index (χ1) is 14.6. The van der Waals surface area contributed by atoms with E-state index in [9.17, 15) is 4.79 Å². The van der Waals surface area contributed by atoms with Crippen LogP contribution in [0.4, 0.5) is 0 Å². The third-order valence-corrected chi connectivity index (χ3v) is 5.24. The second-order valence-corrected chi connectivity index (χ2v) is 7.47. The Labute approximate surface area is 178 Å². The maximum absolute atomic E-state index is 9.60. The van der Waals surface area contributed by atoms with Crippen molar-refractivity contribution < 1.29 is 14.6 Å². The van der Waals surface area contributed by atoms with E-state index < -0.39 is 5.97 Å². The molecule has 2 aliphatic rings. The third kappa shape index (κ3) is 5.38. The molecule has 0 bridgehead atoms. The van der Waals surface area contributed by atoms with Crippen molar-refractivity contribution in [2.45, 2.75) is 32.6 Å². The fourth-order valence-electron chi connectivity index (χ4n) is 3.69. The van der Waals surface area contributed by atoms with Crippen LogP contribution in [0.1, 0.15) is 30.9 Å². The van der Waals surface area contributed by atoms with Crippen molar-refractivity contribution in [2.75, 3.05) is 6.61 Å². The summed E-state index contributed by atoms with van der Waals surface area (Å²) in [6, 6.07) is 18.0. The van der Waals surface area contributed by atoms with E-state index in [4.69, 9.17) is 9.84 Å². The van der Waals surface area contributed by atoms with Crippen LogP contribution in [-0.2, 0) is 22.4 Å². The van der Waals surface area contributed by atoms with Crippen LogP contribution in [0.2, 0.25) is 0 Å². The molecule has 1 aliphatic carbocycles. The quantitative estimate of drug-likeness (QED) is 0.369. The van der Waals surface area contributed by atoms with E-state index in [2.05, 4.69) is 55.1 Å². The molecule has 0 amide bonds. The van der Waals surface area contributed by atoms with Gasteiger partial charge in [0.25, 0.3) is 0 Å². The lowest BCUT2D eigenvalue weighted by molar-refractivity contribution is -0.132. The van der Waals surface area contributed by atoms with Crippen LogP contribution in [0.15, 0.2) is 85.2 Å². The Balaban J connectivity index is 0.000000177. The summed E-state index contributed by atoms with van der Waals surface area (Å²) in [5, 5.41) is 13.5. The van der Waals surface area contributed by atoms with Gasteiger partial charge in [-0.2, -0.15) is 0 Å². The number of benzene rings is 3. The number of ether oxygens (including phenoxy) is 1. The SMILES string of the molecule is C1=CCOC=C1.C=C(C)C(=O)O.c1ccc2c(c1)ccc1c3c(ccc12)CCCC3. The van der Waals surface area contributed by atoms with Crippen LogP contribution in [0, 0.1) is 0 Å². The highest BCUT2D eigenvalue weighted by Gasteiger charge is 2.13. The molecule has 3 heteroatoms. The molecule has 1 N–H and O–H groups in total. The van der Waals surface area contributed by atoms with Gasteiger partial charge in [0.1, 0.15) is 6.61 Å². The molecule has 0 unspecified atom stereocenters. The molecule has 3 nitrogen and oxygen atoms in total. The van der Waals surface area contributed by atoms with Crippen molar-refractivity contribution in [3.8, 4) is 0 Å². The highest BCUT2D eigenvalue weighted by molar-refractivity contribution is 6.08. The van der Waals surface area contributed by atoms with E-state index in [1.807, 2.05) is 18.2 Å². The molecule has 0 spiro atoms. The van der Waals surface area contributed by atoms with Crippen molar-refractivity contribution in [2.24, 2.45) is 0 Å². The largest absolute Gasteiger partial charge is 0.497 e. The van der Waals surface area contributed by atoms with Crippen molar-refractivity contribution in [1.29, 1.82) is 0 Å². The van der Waals surface area contributed by atoms with Crippen molar-refractivity contribution in [1.82, 2.24) is 0 Å². The molecule has 1 aliphatic heterocycles. The second-order valence-electron chi connectivity index (χ2n) is 7.47. The topological polar surface area (TPSA) is 46.5 Å². The van der Waals surface area contributed by atoms with Gasteiger partial charge in [0, 0.05) is 5.57 Å². The summed E-state index contributed by atoms with van der Waals surface area (Å²) in [4.78, 5) is 9.60. The Bertz CT molecular complexity index is 1080.